The van der Waals surface area contributed by atoms with Crippen molar-refractivity contribution < 1.29 is 51.0 Å². The van der Waals surface area contributed by atoms with E-state index < -0.39 is 32.5 Å². The number of non-ortho nitro benzene ring substituents is 3. The van der Waals surface area contributed by atoms with Gasteiger partial charge in [-0.2, -0.15) is 0 Å². The lowest BCUT2D eigenvalue weighted by Gasteiger charge is -2.20. The normalized spacial score (nSPS) is 10.3. The molecule has 0 saturated heterocycles. The van der Waals surface area contributed by atoms with Crippen molar-refractivity contribution in [1.29, 1.82) is 0 Å². The van der Waals surface area contributed by atoms with Gasteiger partial charge in [0.25, 0.3) is 34.8 Å². The number of rotatable bonds is 15. The van der Waals surface area contributed by atoms with Gasteiger partial charge in [-0.15, -0.1) is 0 Å². The highest BCUT2D eigenvalue weighted by Gasteiger charge is 2.16. The highest BCUT2D eigenvalue weighted by atomic mass is 79.9. The van der Waals surface area contributed by atoms with Crippen molar-refractivity contribution in [2.45, 2.75) is 0 Å². The number of carbonyl (C=O) groups is 3. The zero-order valence-corrected chi connectivity index (χ0v) is 24.7. The first kappa shape index (κ1) is 34.9. The number of amides is 3. The number of hydrogen-bond donors (Lipinski definition) is 4. The van der Waals surface area contributed by atoms with Crippen LogP contribution < -0.4 is 37.8 Å². The highest BCUT2D eigenvalue weighted by molar-refractivity contribution is 5.95. The van der Waals surface area contributed by atoms with E-state index in [2.05, 4.69) is 16.0 Å². The van der Waals surface area contributed by atoms with Gasteiger partial charge in [-0.1, -0.05) is 18.2 Å². The number of nitrogens with zero attached hydrogens (tertiary/aromatic N) is 3. The molecule has 0 heterocycles. The third-order valence-corrected chi connectivity index (χ3v) is 6.25. The van der Waals surface area contributed by atoms with Crippen molar-refractivity contribution in [2.24, 2.45) is 0 Å². The number of hydrogen-bond acceptors (Lipinski definition) is 9. The van der Waals surface area contributed by atoms with Crippen LogP contribution in [0, 0.1) is 30.3 Å². The predicted molar refractivity (Wildman–Crippen MR) is 152 cm³/mol. The van der Waals surface area contributed by atoms with Gasteiger partial charge in [0.05, 0.1) is 54.0 Å². The fraction of sp³-hybridized carbons (Fsp3) is 0.222. The van der Waals surface area contributed by atoms with Crippen LogP contribution in [0.2, 0.25) is 0 Å². The van der Waals surface area contributed by atoms with E-state index in [0.717, 1.165) is 23.1 Å². The van der Waals surface area contributed by atoms with E-state index in [9.17, 15) is 44.7 Å². The molecule has 4 N–H and O–H groups in total. The summed E-state index contributed by atoms with van der Waals surface area (Å²) in [6, 6.07) is 15.8. The van der Waals surface area contributed by atoms with Crippen molar-refractivity contribution in [3.05, 3.63) is 120 Å². The molecule has 3 amide bonds. The quantitative estimate of drug-likeness (QED) is 0.102. The summed E-state index contributed by atoms with van der Waals surface area (Å²) in [5.41, 5.74) is -0.325. The molecule has 17 heteroatoms. The number of carbonyl (C=O) groups excluding carboxylic acids is 3. The Morgan fingerprint density at radius 3 is 1.07 bits per heavy atom. The third-order valence-electron chi connectivity index (χ3n) is 6.25. The molecular weight excluding hydrogens is 646 g/mol. The molecule has 3 aromatic rings. The molecule has 3 rings (SSSR count). The Labute approximate surface area is 260 Å². The van der Waals surface area contributed by atoms with Crippen LogP contribution in [-0.4, -0.2) is 71.8 Å². The molecule has 44 heavy (non-hydrogen) atoms. The van der Waals surface area contributed by atoms with Gasteiger partial charge >= 0.3 is 0 Å². The highest BCUT2D eigenvalue weighted by Crippen LogP contribution is 2.14. The third kappa shape index (κ3) is 10.5. The Morgan fingerprint density at radius 2 is 0.818 bits per heavy atom. The van der Waals surface area contributed by atoms with Gasteiger partial charge in [-0.25, -0.2) is 0 Å². The number of nitrogens with one attached hydrogen (secondary N) is 4. The van der Waals surface area contributed by atoms with Crippen LogP contribution in [0.15, 0.2) is 72.8 Å². The van der Waals surface area contributed by atoms with Crippen LogP contribution in [-0.2, 0) is 0 Å². The van der Waals surface area contributed by atoms with Crippen molar-refractivity contribution >= 4 is 34.8 Å². The van der Waals surface area contributed by atoms with Crippen LogP contribution in [0.1, 0.15) is 31.1 Å². The van der Waals surface area contributed by atoms with E-state index in [1.807, 2.05) is 0 Å². The van der Waals surface area contributed by atoms with Crippen LogP contribution in [0.3, 0.4) is 0 Å². The summed E-state index contributed by atoms with van der Waals surface area (Å²) in [5, 5.41) is 41.1. The second-order valence-electron chi connectivity index (χ2n) is 9.19. The molecule has 0 spiro atoms. The average molecular weight is 674 g/mol. The summed E-state index contributed by atoms with van der Waals surface area (Å²) >= 11 is 0. The standard InChI is InChI=1S/C27H27N7O9.BrH/c35-25(19-4-1-7-22(16-19)32(38)39)28-10-13-31(14-11-29-26(36)20-5-2-8-23(17-20)33(40)41)15-12-30-27(37)21-6-3-9-24(18-21)34(42)43;/h1-9,16-18H,10-15H2,(H,28,35)(H,29,36)(H,30,37);1H. The largest absolute Gasteiger partial charge is 1.00 e. The number of halogens is 1. The van der Waals surface area contributed by atoms with E-state index in [1.54, 1.807) is 0 Å². The van der Waals surface area contributed by atoms with Crippen molar-refractivity contribution in [3.63, 3.8) is 0 Å². The Kier molecular flexibility index (Phi) is 13.5. The van der Waals surface area contributed by atoms with E-state index >= 15 is 0 Å². The van der Waals surface area contributed by atoms with Crippen molar-refractivity contribution in [2.75, 3.05) is 39.3 Å². The molecule has 0 atom stereocenters. The maximum atomic E-state index is 12.5. The molecule has 0 radical (unpaired) electrons. The fourth-order valence-corrected chi connectivity index (χ4v) is 4.02. The maximum Gasteiger partial charge on any atom is 0.270 e. The zero-order chi connectivity index (χ0) is 31.4. The summed E-state index contributed by atoms with van der Waals surface area (Å²) < 4.78 is 0. The molecule has 232 valence electrons. The van der Waals surface area contributed by atoms with E-state index in [0.29, 0.717) is 19.6 Å². The first-order chi connectivity index (χ1) is 20.5. The van der Waals surface area contributed by atoms with Crippen molar-refractivity contribution in [1.82, 2.24) is 16.0 Å². The topological polar surface area (TPSA) is 221 Å². The van der Waals surface area contributed by atoms with Gasteiger partial charge in [0.1, 0.15) is 0 Å². The lowest BCUT2D eigenvalue weighted by molar-refractivity contribution is -0.896. The monoisotopic (exact) mass is 673 g/mol. The molecule has 0 aliphatic carbocycles. The molecule has 0 fully saturated rings. The lowest BCUT2D eigenvalue weighted by Crippen LogP contribution is -3.14. The van der Waals surface area contributed by atoms with E-state index in [4.69, 9.17) is 0 Å². The minimum atomic E-state index is -0.605. The molecular formula is C27H28BrN7O9. The maximum absolute atomic E-state index is 12.5. The second-order valence-corrected chi connectivity index (χ2v) is 9.19. The molecule has 0 aliphatic rings. The lowest BCUT2D eigenvalue weighted by atomic mass is 10.2. The first-order valence-electron chi connectivity index (χ1n) is 13.0. The van der Waals surface area contributed by atoms with Crippen LogP contribution in [0.25, 0.3) is 0 Å². The number of benzene rings is 3. The molecule has 16 nitrogen and oxygen atoms in total. The minimum absolute atomic E-state index is 0. The second kappa shape index (κ2) is 17.0. The fourth-order valence-electron chi connectivity index (χ4n) is 4.02. The number of nitro groups is 3. The molecule has 0 aliphatic heterocycles. The number of nitro benzene ring substituents is 3. The minimum Gasteiger partial charge on any atom is -1.00 e. The number of quaternary nitrogens is 1. The van der Waals surface area contributed by atoms with E-state index in [-0.39, 0.29) is 70.4 Å². The first-order valence-corrected chi connectivity index (χ1v) is 13.0. The SMILES string of the molecule is O=C(NCC[NH+](CCNC(=O)c1cccc([N+](=O)[O-])c1)CCNC(=O)c1cccc([N+](=O)[O-])c1)c1cccc([N+](=O)[O-])c1.[Br-]. The molecule has 3 aromatic carbocycles. The predicted octanol–water partition coefficient (Wildman–Crippen LogP) is -2.11. The summed E-state index contributed by atoms with van der Waals surface area (Å²) in [7, 11) is 0. The summed E-state index contributed by atoms with van der Waals surface area (Å²) in [4.78, 5) is 69.6. The van der Waals surface area contributed by atoms with Gasteiger partial charge in [-0.05, 0) is 18.2 Å². The smallest absolute Gasteiger partial charge is 0.270 e. The van der Waals surface area contributed by atoms with Crippen LogP contribution in [0.5, 0.6) is 0 Å². The summed E-state index contributed by atoms with van der Waals surface area (Å²) in [6.45, 7) is 1.53. The summed E-state index contributed by atoms with van der Waals surface area (Å²) in [5.74, 6) is -1.54. The Balaban J connectivity index is 0.00000675. The van der Waals surface area contributed by atoms with E-state index in [1.165, 1.54) is 54.6 Å². The van der Waals surface area contributed by atoms with Gasteiger partial charge in [0.2, 0.25) is 0 Å². The van der Waals surface area contributed by atoms with Gasteiger partial charge in [0, 0.05) is 53.1 Å². The Bertz CT molecular complexity index is 1360. The van der Waals surface area contributed by atoms with Crippen LogP contribution >= 0.6 is 0 Å². The summed E-state index contributed by atoms with van der Waals surface area (Å²) in [6.07, 6.45) is 0. The molecule has 0 bridgehead atoms. The van der Waals surface area contributed by atoms with Crippen LogP contribution in [0.4, 0.5) is 17.1 Å². The van der Waals surface area contributed by atoms with Gasteiger partial charge in [-0.3, -0.25) is 44.7 Å². The average Bonchev–Trinajstić information content (AvgIpc) is 3.00. The Hall–Kier alpha value is -5.29. The molecule has 0 saturated carbocycles. The molecule has 0 unspecified atom stereocenters. The Morgan fingerprint density at radius 1 is 0.545 bits per heavy atom. The molecule has 0 aromatic heterocycles. The zero-order valence-electron chi connectivity index (χ0n) is 23.1. The van der Waals surface area contributed by atoms with Crippen molar-refractivity contribution in [3.8, 4) is 0 Å². The van der Waals surface area contributed by atoms with Gasteiger partial charge in [0.15, 0.2) is 0 Å². The van der Waals surface area contributed by atoms with Gasteiger partial charge < -0.3 is 37.8 Å².